The molecule has 1 aromatic carbocycles. The van der Waals surface area contributed by atoms with E-state index in [1.165, 1.54) is 20.8 Å². The summed E-state index contributed by atoms with van der Waals surface area (Å²) in [6.07, 6.45) is 1.02. The Morgan fingerprint density at radius 2 is 2.00 bits per heavy atom. The first kappa shape index (κ1) is 21.7. The Bertz CT molecular complexity index is 1090. The molecule has 30 heavy (non-hydrogen) atoms. The van der Waals surface area contributed by atoms with Crippen LogP contribution in [0.3, 0.4) is 0 Å². The second-order valence-corrected chi connectivity index (χ2v) is 9.58. The van der Waals surface area contributed by atoms with Gasteiger partial charge in [-0.15, -0.1) is 0 Å². The van der Waals surface area contributed by atoms with Crippen molar-refractivity contribution in [2.75, 3.05) is 5.32 Å². The first-order valence-electron chi connectivity index (χ1n) is 9.39. The molecule has 1 aliphatic heterocycles. The quantitative estimate of drug-likeness (QED) is 0.666. The molecule has 0 atom stereocenters. The molecule has 10 heteroatoms. The summed E-state index contributed by atoms with van der Waals surface area (Å²) >= 11 is 0. The Kier molecular flexibility index (Phi) is 5.82. The molecule has 160 valence electrons. The van der Waals surface area contributed by atoms with Crippen LogP contribution < -0.4 is 10.0 Å². The van der Waals surface area contributed by atoms with Crippen molar-refractivity contribution in [3.63, 3.8) is 0 Å². The number of carbonyl (C=O) groups excluding carboxylic acids is 1. The van der Waals surface area contributed by atoms with E-state index in [2.05, 4.69) is 15.0 Å². The molecule has 1 aliphatic rings. The average Bonchev–Trinajstić information content (AvgIpc) is 2.64. The van der Waals surface area contributed by atoms with Crippen molar-refractivity contribution in [1.82, 2.24) is 14.0 Å². The molecular weight excluding hydrogens is 408 g/mol. The smallest absolute Gasteiger partial charge is 0.422 e. The molecule has 1 aromatic heterocycles. The molecule has 0 saturated heterocycles. The van der Waals surface area contributed by atoms with Gasteiger partial charge in [0.2, 0.25) is 5.91 Å². The Morgan fingerprint density at radius 3 is 2.67 bits per heavy atom. The minimum Gasteiger partial charge on any atom is -0.464 e. The number of anilines is 1. The summed E-state index contributed by atoms with van der Waals surface area (Å²) in [7, 11) is -4.25. The molecule has 0 radical (unpaired) electrons. The highest BCUT2D eigenvalue weighted by Gasteiger charge is 2.37. The Labute approximate surface area is 175 Å². The van der Waals surface area contributed by atoms with E-state index in [1.807, 2.05) is 18.2 Å². The lowest BCUT2D eigenvalue weighted by Gasteiger charge is -2.31. The summed E-state index contributed by atoms with van der Waals surface area (Å²) in [6.45, 7) is 4.45. The van der Waals surface area contributed by atoms with Gasteiger partial charge in [-0.3, -0.25) is 4.79 Å². The van der Waals surface area contributed by atoms with Gasteiger partial charge in [0.1, 0.15) is 5.82 Å². The molecule has 0 spiro atoms. The van der Waals surface area contributed by atoms with Crippen LogP contribution in [0, 0.1) is 0 Å². The van der Waals surface area contributed by atoms with Crippen LogP contribution >= 0.6 is 0 Å². The number of nitrogens with zero attached hydrogens (tertiary/aromatic N) is 2. The summed E-state index contributed by atoms with van der Waals surface area (Å²) in [4.78, 5) is 27.3. The number of aromatic nitrogens is 1. The highest BCUT2D eigenvalue weighted by Crippen LogP contribution is 2.31. The first-order chi connectivity index (χ1) is 14.0. The van der Waals surface area contributed by atoms with E-state index >= 15 is 0 Å². The normalized spacial score (nSPS) is 14.0. The van der Waals surface area contributed by atoms with E-state index in [9.17, 15) is 23.1 Å². The summed E-state index contributed by atoms with van der Waals surface area (Å²) in [5.41, 5.74) is 2.24. The first-order valence-corrected chi connectivity index (χ1v) is 10.8. The number of benzene rings is 1. The third-order valence-electron chi connectivity index (χ3n) is 4.64. The SMILES string of the molecule is CC(C)(C)N(C(=O)O)S(=O)(=O)NCc1cccc(-c2ccnc3c2CCC(=O)N3)c1. The Hall–Kier alpha value is -2.98. The maximum atomic E-state index is 12.6. The lowest BCUT2D eigenvalue weighted by atomic mass is 9.94. The van der Waals surface area contributed by atoms with Gasteiger partial charge >= 0.3 is 16.3 Å². The molecule has 0 fully saturated rings. The summed E-state index contributed by atoms with van der Waals surface area (Å²) < 4.78 is 27.9. The molecule has 2 amide bonds. The molecule has 0 aliphatic carbocycles. The number of pyridine rings is 1. The van der Waals surface area contributed by atoms with E-state index in [4.69, 9.17) is 0 Å². The number of rotatable bonds is 5. The lowest BCUT2D eigenvalue weighted by molar-refractivity contribution is -0.116. The van der Waals surface area contributed by atoms with E-state index in [1.54, 1.807) is 18.3 Å². The van der Waals surface area contributed by atoms with Crippen LogP contribution in [0.15, 0.2) is 36.5 Å². The van der Waals surface area contributed by atoms with E-state index in [0.717, 1.165) is 16.7 Å². The lowest BCUT2D eigenvalue weighted by Crippen LogP contribution is -2.53. The van der Waals surface area contributed by atoms with Crippen molar-refractivity contribution in [3.05, 3.63) is 47.7 Å². The van der Waals surface area contributed by atoms with Crippen LogP contribution in [0.1, 0.15) is 38.3 Å². The van der Waals surface area contributed by atoms with Gasteiger partial charge in [-0.1, -0.05) is 18.2 Å². The van der Waals surface area contributed by atoms with Crippen molar-refractivity contribution >= 4 is 28.0 Å². The van der Waals surface area contributed by atoms with E-state index < -0.39 is 21.8 Å². The number of nitrogens with one attached hydrogen (secondary N) is 2. The fraction of sp³-hybridized carbons (Fsp3) is 0.350. The maximum absolute atomic E-state index is 12.6. The maximum Gasteiger partial charge on any atom is 0.422 e. The van der Waals surface area contributed by atoms with Crippen LogP contribution in [0.25, 0.3) is 11.1 Å². The fourth-order valence-corrected chi connectivity index (χ4v) is 4.80. The molecule has 0 saturated carbocycles. The zero-order valence-corrected chi connectivity index (χ0v) is 17.8. The minimum absolute atomic E-state index is 0.0694. The van der Waals surface area contributed by atoms with Crippen LogP contribution in [-0.4, -0.2) is 40.4 Å². The molecule has 2 heterocycles. The molecule has 3 rings (SSSR count). The summed E-state index contributed by atoms with van der Waals surface area (Å²) in [5.74, 6) is 0.467. The summed E-state index contributed by atoms with van der Waals surface area (Å²) in [6, 6.07) is 9.13. The summed E-state index contributed by atoms with van der Waals surface area (Å²) in [5, 5.41) is 12.1. The van der Waals surface area contributed by atoms with Gasteiger partial charge in [-0.25, -0.2) is 9.78 Å². The van der Waals surface area contributed by atoms with Gasteiger partial charge in [0.15, 0.2) is 0 Å². The monoisotopic (exact) mass is 432 g/mol. The van der Waals surface area contributed by atoms with Crippen LogP contribution in [0.2, 0.25) is 0 Å². The zero-order valence-electron chi connectivity index (χ0n) is 17.0. The van der Waals surface area contributed by atoms with Gasteiger partial charge in [0.25, 0.3) is 0 Å². The van der Waals surface area contributed by atoms with Gasteiger partial charge in [-0.2, -0.15) is 17.4 Å². The topological polar surface area (TPSA) is 129 Å². The van der Waals surface area contributed by atoms with E-state index in [-0.39, 0.29) is 12.5 Å². The zero-order chi connectivity index (χ0) is 22.1. The Morgan fingerprint density at radius 1 is 1.27 bits per heavy atom. The predicted octanol–water partition coefficient (Wildman–Crippen LogP) is 2.75. The second-order valence-electron chi connectivity index (χ2n) is 7.98. The van der Waals surface area contributed by atoms with Crippen molar-refractivity contribution in [2.24, 2.45) is 0 Å². The van der Waals surface area contributed by atoms with Crippen molar-refractivity contribution in [1.29, 1.82) is 0 Å². The van der Waals surface area contributed by atoms with Crippen molar-refractivity contribution < 1.29 is 23.1 Å². The van der Waals surface area contributed by atoms with Crippen LogP contribution in [0.4, 0.5) is 10.6 Å². The predicted molar refractivity (Wildman–Crippen MR) is 112 cm³/mol. The molecule has 9 nitrogen and oxygen atoms in total. The number of amides is 2. The molecule has 2 aromatic rings. The minimum atomic E-state index is -4.25. The second kappa shape index (κ2) is 8.04. The van der Waals surface area contributed by atoms with Gasteiger partial charge in [0.05, 0.1) is 5.54 Å². The largest absolute Gasteiger partial charge is 0.464 e. The number of hydrogen-bond donors (Lipinski definition) is 3. The molecule has 0 unspecified atom stereocenters. The Balaban J connectivity index is 1.85. The number of fused-ring (bicyclic) bond motifs is 1. The van der Waals surface area contributed by atoms with Gasteiger partial charge in [0, 0.05) is 24.7 Å². The van der Waals surface area contributed by atoms with Crippen LogP contribution in [0.5, 0.6) is 0 Å². The van der Waals surface area contributed by atoms with Crippen molar-refractivity contribution in [3.8, 4) is 11.1 Å². The third-order valence-corrected chi connectivity index (χ3v) is 6.33. The third kappa shape index (κ3) is 4.60. The van der Waals surface area contributed by atoms with Crippen LogP contribution in [-0.2, 0) is 28.0 Å². The standard InChI is InChI=1S/C20H24N4O5S/c1-20(2,3)24(19(26)27)30(28,29)22-12-13-5-4-6-14(11-13)15-9-10-21-18-16(15)7-8-17(25)23-18/h4-6,9-11,22H,7-8,12H2,1-3H3,(H,26,27)(H,21,23,25). The van der Waals surface area contributed by atoms with E-state index in [0.29, 0.717) is 28.5 Å². The molecule has 0 bridgehead atoms. The number of hydrogen-bond acceptors (Lipinski definition) is 5. The van der Waals surface area contributed by atoms with Crippen molar-refractivity contribution in [2.45, 2.75) is 45.7 Å². The number of carbonyl (C=O) groups is 2. The molecular formula is C20H24N4O5S. The highest BCUT2D eigenvalue weighted by molar-refractivity contribution is 7.87. The average molecular weight is 433 g/mol. The highest BCUT2D eigenvalue weighted by atomic mass is 32.2. The van der Waals surface area contributed by atoms with Gasteiger partial charge in [-0.05, 0) is 56.0 Å². The number of carboxylic acid groups (broad SMARTS) is 1. The fourth-order valence-electron chi connectivity index (χ4n) is 3.39. The molecule has 3 N–H and O–H groups in total. The van der Waals surface area contributed by atoms with Gasteiger partial charge < -0.3 is 10.4 Å².